The Morgan fingerprint density at radius 3 is 2.16 bits per heavy atom. The number of terminal acetylenes is 1. The number of hydrogen-bond acceptors (Lipinski definition) is 4. The van der Waals surface area contributed by atoms with Crippen LogP contribution in [-0.2, 0) is 14.3 Å². The highest BCUT2D eigenvalue weighted by Crippen LogP contribution is 2.44. The fourth-order valence-corrected chi connectivity index (χ4v) is 3.96. The summed E-state index contributed by atoms with van der Waals surface area (Å²) in [6.07, 6.45) is 4.53. The molecule has 0 heterocycles. The number of carboxylic acid groups (broad SMARTS) is 1. The highest BCUT2D eigenvalue weighted by atomic mass is 16.5. The largest absolute Gasteiger partial charge is 0.480 e. The van der Waals surface area contributed by atoms with E-state index in [0.717, 1.165) is 27.2 Å². The molecule has 0 spiro atoms. The summed E-state index contributed by atoms with van der Waals surface area (Å²) in [6, 6.07) is 15.0. The van der Waals surface area contributed by atoms with Crippen molar-refractivity contribution in [3.05, 3.63) is 59.7 Å². The summed E-state index contributed by atoms with van der Waals surface area (Å²) in [6.45, 7) is 2.91. The normalized spacial score (nSPS) is 12.9. The SMILES string of the molecule is C#CCN(CC(=O)O)C(=O)[C@H](NC(=O)OCC1c2ccccc2-c2ccccc21)C(C)C. The molecular weight excluding hydrogens is 408 g/mol. The molecule has 0 saturated carbocycles. The average molecular weight is 434 g/mol. The van der Waals surface area contributed by atoms with E-state index >= 15 is 0 Å². The van der Waals surface area contributed by atoms with Gasteiger partial charge in [-0.2, -0.15) is 0 Å². The van der Waals surface area contributed by atoms with Gasteiger partial charge in [-0.25, -0.2) is 4.79 Å². The van der Waals surface area contributed by atoms with E-state index in [1.165, 1.54) is 0 Å². The Morgan fingerprint density at radius 1 is 1.09 bits per heavy atom. The molecule has 7 nitrogen and oxygen atoms in total. The van der Waals surface area contributed by atoms with Crippen LogP contribution in [-0.4, -0.2) is 53.7 Å². The van der Waals surface area contributed by atoms with Crippen molar-refractivity contribution in [3.8, 4) is 23.5 Å². The maximum Gasteiger partial charge on any atom is 0.407 e. The molecule has 32 heavy (non-hydrogen) atoms. The zero-order valence-electron chi connectivity index (χ0n) is 18.1. The number of ether oxygens (including phenoxy) is 1. The van der Waals surface area contributed by atoms with E-state index in [2.05, 4.69) is 11.2 Å². The minimum atomic E-state index is -1.18. The number of nitrogens with zero attached hydrogens (tertiary/aromatic N) is 1. The summed E-state index contributed by atoms with van der Waals surface area (Å²) >= 11 is 0. The van der Waals surface area contributed by atoms with Crippen molar-refractivity contribution in [2.45, 2.75) is 25.8 Å². The topological polar surface area (TPSA) is 95.9 Å². The molecular formula is C25H26N2O5. The molecule has 7 heteroatoms. The average Bonchev–Trinajstić information content (AvgIpc) is 3.08. The maximum absolute atomic E-state index is 12.8. The highest BCUT2D eigenvalue weighted by molar-refractivity contribution is 5.88. The molecule has 0 radical (unpaired) electrons. The van der Waals surface area contributed by atoms with Crippen LogP contribution >= 0.6 is 0 Å². The smallest absolute Gasteiger partial charge is 0.407 e. The second-order valence-corrected chi connectivity index (χ2v) is 7.98. The lowest BCUT2D eigenvalue weighted by Gasteiger charge is -2.27. The van der Waals surface area contributed by atoms with Gasteiger partial charge < -0.3 is 20.1 Å². The molecule has 2 aromatic rings. The molecule has 166 valence electrons. The van der Waals surface area contributed by atoms with Gasteiger partial charge in [0.05, 0.1) is 6.54 Å². The fourth-order valence-electron chi connectivity index (χ4n) is 3.96. The standard InChI is InChI=1S/C25H26N2O5/c1-4-13-27(14-22(28)29)24(30)23(16(2)3)26-25(31)32-15-21-19-11-7-5-9-17(19)18-10-6-8-12-20(18)21/h1,5-12,16,21,23H,13-15H2,2-3H3,(H,26,31)(H,28,29)/t23-/m1/s1. The number of amides is 2. The number of benzene rings is 2. The molecule has 2 amide bonds. The van der Waals surface area contributed by atoms with E-state index in [9.17, 15) is 14.4 Å². The van der Waals surface area contributed by atoms with Gasteiger partial charge in [0.2, 0.25) is 5.91 Å². The van der Waals surface area contributed by atoms with Crippen LogP contribution in [0.3, 0.4) is 0 Å². The van der Waals surface area contributed by atoms with Gasteiger partial charge in [0, 0.05) is 5.92 Å². The maximum atomic E-state index is 12.8. The van der Waals surface area contributed by atoms with Crippen molar-refractivity contribution >= 4 is 18.0 Å². The van der Waals surface area contributed by atoms with Gasteiger partial charge >= 0.3 is 12.1 Å². The minimum Gasteiger partial charge on any atom is -0.480 e. The third-order valence-electron chi connectivity index (χ3n) is 5.47. The molecule has 3 rings (SSSR count). The molecule has 0 aliphatic heterocycles. The van der Waals surface area contributed by atoms with Gasteiger partial charge in [-0.15, -0.1) is 6.42 Å². The van der Waals surface area contributed by atoms with Gasteiger partial charge in [-0.05, 0) is 28.2 Å². The first kappa shape index (κ1) is 22.9. The second-order valence-electron chi connectivity index (χ2n) is 7.98. The number of rotatable bonds is 8. The number of carbonyl (C=O) groups excluding carboxylic acids is 2. The Balaban J connectivity index is 1.70. The zero-order valence-corrected chi connectivity index (χ0v) is 18.1. The van der Waals surface area contributed by atoms with E-state index in [0.29, 0.717) is 0 Å². The second kappa shape index (κ2) is 10.0. The van der Waals surface area contributed by atoms with Gasteiger partial charge in [-0.3, -0.25) is 9.59 Å². The molecule has 0 aromatic heterocycles. The van der Waals surface area contributed by atoms with E-state index in [1.807, 2.05) is 48.5 Å². The predicted molar refractivity (Wildman–Crippen MR) is 120 cm³/mol. The lowest BCUT2D eigenvalue weighted by atomic mass is 9.98. The Kier molecular flexibility index (Phi) is 7.16. The summed E-state index contributed by atoms with van der Waals surface area (Å²) in [5.41, 5.74) is 4.40. The number of carbonyl (C=O) groups is 3. The third-order valence-corrected chi connectivity index (χ3v) is 5.47. The summed E-state index contributed by atoms with van der Waals surface area (Å²) in [5, 5.41) is 11.6. The first-order valence-electron chi connectivity index (χ1n) is 10.4. The molecule has 0 saturated heterocycles. The molecule has 0 unspecified atom stereocenters. The lowest BCUT2D eigenvalue weighted by molar-refractivity contribution is -0.145. The summed E-state index contributed by atoms with van der Waals surface area (Å²) in [4.78, 5) is 37.5. The van der Waals surface area contributed by atoms with Crippen molar-refractivity contribution in [1.29, 1.82) is 0 Å². The molecule has 2 N–H and O–H groups in total. The van der Waals surface area contributed by atoms with Crippen LogP contribution in [0, 0.1) is 18.3 Å². The van der Waals surface area contributed by atoms with Gasteiger partial charge in [0.1, 0.15) is 19.2 Å². The van der Waals surface area contributed by atoms with Crippen LogP contribution in [0.1, 0.15) is 30.9 Å². The third kappa shape index (κ3) is 4.92. The lowest BCUT2D eigenvalue weighted by Crippen LogP contribution is -2.52. The summed E-state index contributed by atoms with van der Waals surface area (Å²) in [7, 11) is 0. The molecule has 0 bridgehead atoms. The van der Waals surface area contributed by atoms with Crippen molar-refractivity contribution in [2.75, 3.05) is 19.7 Å². The van der Waals surface area contributed by atoms with Gasteiger partial charge in [0.25, 0.3) is 0 Å². The van der Waals surface area contributed by atoms with Crippen LogP contribution in [0.5, 0.6) is 0 Å². The van der Waals surface area contributed by atoms with Crippen molar-refractivity contribution in [3.63, 3.8) is 0 Å². The minimum absolute atomic E-state index is 0.105. The summed E-state index contributed by atoms with van der Waals surface area (Å²) < 4.78 is 5.51. The Bertz CT molecular complexity index is 1010. The zero-order chi connectivity index (χ0) is 23.3. The van der Waals surface area contributed by atoms with Crippen LogP contribution in [0.25, 0.3) is 11.1 Å². The van der Waals surface area contributed by atoms with Crippen LogP contribution < -0.4 is 5.32 Å². The van der Waals surface area contributed by atoms with Crippen molar-refractivity contribution < 1.29 is 24.2 Å². The van der Waals surface area contributed by atoms with E-state index < -0.39 is 30.6 Å². The monoisotopic (exact) mass is 434 g/mol. The van der Waals surface area contributed by atoms with Crippen molar-refractivity contribution in [2.24, 2.45) is 5.92 Å². The molecule has 2 aromatic carbocycles. The van der Waals surface area contributed by atoms with Crippen LogP contribution in [0.2, 0.25) is 0 Å². The van der Waals surface area contributed by atoms with Crippen molar-refractivity contribution in [1.82, 2.24) is 10.2 Å². The number of hydrogen-bond donors (Lipinski definition) is 2. The Morgan fingerprint density at radius 2 is 1.66 bits per heavy atom. The van der Waals surface area contributed by atoms with Gasteiger partial charge in [-0.1, -0.05) is 68.3 Å². The molecule has 1 aliphatic rings. The Hall–Kier alpha value is -3.79. The highest BCUT2D eigenvalue weighted by Gasteiger charge is 2.32. The van der Waals surface area contributed by atoms with Crippen LogP contribution in [0.15, 0.2) is 48.5 Å². The van der Waals surface area contributed by atoms with E-state index in [-0.39, 0.29) is 25.0 Å². The molecule has 1 aliphatic carbocycles. The fraction of sp³-hybridized carbons (Fsp3) is 0.320. The number of carboxylic acids is 1. The number of nitrogens with one attached hydrogen (secondary N) is 1. The van der Waals surface area contributed by atoms with Gasteiger partial charge in [0.15, 0.2) is 0 Å². The number of alkyl carbamates (subject to hydrolysis) is 1. The number of aliphatic carboxylic acids is 1. The predicted octanol–water partition coefficient (Wildman–Crippen LogP) is 3.10. The van der Waals surface area contributed by atoms with E-state index in [1.54, 1.807) is 13.8 Å². The summed E-state index contributed by atoms with van der Waals surface area (Å²) in [5.74, 6) is 0.136. The van der Waals surface area contributed by atoms with Crippen LogP contribution in [0.4, 0.5) is 4.79 Å². The van der Waals surface area contributed by atoms with E-state index in [4.69, 9.17) is 16.3 Å². The first-order valence-corrected chi connectivity index (χ1v) is 10.4. The Labute approximate surface area is 187 Å². The molecule has 1 atom stereocenters. The first-order chi connectivity index (χ1) is 15.3. The molecule has 0 fully saturated rings. The number of fused-ring (bicyclic) bond motifs is 3. The quantitative estimate of drug-likeness (QED) is 0.623.